The van der Waals surface area contributed by atoms with E-state index in [1.54, 1.807) is 24.3 Å². The van der Waals surface area contributed by atoms with Crippen molar-refractivity contribution in [2.75, 3.05) is 11.4 Å². The van der Waals surface area contributed by atoms with Crippen molar-refractivity contribution in [3.63, 3.8) is 0 Å². The molecule has 1 aromatic rings. The third kappa shape index (κ3) is 5.23. The summed E-state index contributed by atoms with van der Waals surface area (Å²) in [5.74, 6) is -2.24. The van der Waals surface area contributed by atoms with E-state index < -0.39 is 23.8 Å². The quantitative estimate of drug-likeness (QED) is 0.652. The molecule has 2 amide bonds. The summed E-state index contributed by atoms with van der Waals surface area (Å²) in [7, 11) is 0. The lowest BCUT2D eigenvalue weighted by Crippen LogP contribution is -2.46. The van der Waals surface area contributed by atoms with Gasteiger partial charge in [0.15, 0.2) is 0 Å². The minimum atomic E-state index is -1.09. The summed E-state index contributed by atoms with van der Waals surface area (Å²) in [4.78, 5) is 35.1. The Morgan fingerprint density at radius 3 is 2.29 bits per heavy atom. The summed E-state index contributed by atoms with van der Waals surface area (Å²) in [6.07, 6.45) is -0.503. The lowest BCUT2D eigenvalue weighted by Gasteiger charge is -2.25. The van der Waals surface area contributed by atoms with Gasteiger partial charge in [-0.2, -0.15) is 0 Å². The van der Waals surface area contributed by atoms with Crippen molar-refractivity contribution in [2.45, 2.75) is 25.8 Å². The van der Waals surface area contributed by atoms with Crippen molar-refractivity contribution in [3.05, 3.63) is 29.8 Å². The highest BCUT2D eigenvalue weighted by Gasteiger charge is 2.24. The fraction of sp³-hybridized carbons (Fsp3) is 0.357. The van der Waals surface area contributed by atoms with Crippen LogP contribution in [0.5, 0.6) is 0 Å². The number of hydrogen-bond donors (Lipinski definition) is 3. The zero-order valence-electron chi connectivity index (χ0n) is 11.8. The molecule has 0 fully saturated rings. The maximum Gasteiger partial charge on any atom is 0.305 e. The molecule has 21 heavy (non-hydrogen) atoms. The van der Waals surface area contributed by atoms with Crippen molar-refractivity contribution in [1.29, 1.82) is 0 Å². The van der Waals surface area contributed by atoms with Crippen LogP contribution in [0.3, 0.4) is 0 Å². The Balaban J connectivity index is 2.95. The first-order valence-electron chi connectivity index (χ1n) is 6.45. The third-order valence-corrected chi connectivity index (χ3v) is 2.90. The Morgan fingerprint density at radius 2 is 1.81 bits per heavy atom. The number of anilines is 1. The van der Waals surface area contributed by atoms with Gasteiger partial charge in [-0.3, -0.25) is 14.4 Å². The van der Waals surface area contributed by atoms with E-state index in [1.165, 1.54) is 4.90 Å². The van der Waals surface area contributed by atoms with E-state index in [-0.39, 0.29) is 19.4 Å². The van der Waals surface area contributed by atoms with Crippen LogP contribution < -0.4 is 16.4 Å². The van der Waals surface area contributed by atoms with Gasteiger partial charge in [0.25, 0.3) is 0 Å². The van der Waals surface area contributed by atoms with E-state index >= 15 is 0 Å². The Kier molecular flexibility index (Phi) is 5.86. The maximum absolute atomic E-state index is 12.3. The molecule has 0 saturated heterocycles. The molecule has 0 spiro atoms. The number of nitrogens with two attached hydrogens (primary N) is 2. The van der Waals surface area contributed by atoms with Gasteiger partial charge in [0.1, 0.15) is 0 Å². The van der Waals surface area contributed by atoms with Gasteiger partial charge in [-0.25, -0.2) is 0 Å². The van der Waals surface area contributed by atoms with E-state index in [4.69, 9.17) is 16.6 Å². The fourth-order valence-corrected chi connectivity index (χ4v) is 1.80. The second-order valence-corrected chi connectivity index (χ2v) is 4.75. The first-order chi connectivity index (χ1) is 9.81. The number of hydrogen-bond acceptors (Lipinski definition) is 4. The van der Waals surface area contributed by atoms with Crippen molar-refractivity contribution < 1.29 is 19.5 Å². The molecule has 1 aromatic carbocycles. The predicted molar refractivity (Wildman–Crippen MR) is 77.6 cm³/mol. The SMILES string of the molecule is Cc1ccc(N(CCC(=O)O)C(=O)C(N)CC(N)=O)cc1. The molecule has 7 nitrogen and oxygen atoms in total. The van der Waals surface area contributed by atoms with Crippen LogP contribution in [-0.2, 0) is 14.4 Å². The molecule has 0 aliphatic heterocycles. The van der Waals surface area contributed by atoms with Crippen molar-refractivity contribution >= 4 is 23.5 Å². The second-order valence-electron chi connectivity index (χ2n) is 4.75. The Hall–Kier alpha value is -2.41. The maximum atomic E-state index is 12.3. The number of nitrogens with zero attached hydrogens (tertiary/aromatic N) is 1. The summed E-state index contributed by atoms with van der Waals surface area (Å²) in [5, 5.41) is 8.78. The third-order valence-electron chi connectivity index (χ3n) is 2.90. The Labute approximate surface area is 122 Å². The van der Waals surface area contributed by atoms with Gasteiger partial charge < -0.3 is 21.5 Å². The molecular weight excluding hydrogens is 274 g/mol. The lowest BCUT2D eigenvalue weighted by molar-refractivity contribution is -0.136. The first kappa shape index (κ1) is 16.6. The summed E-state index contributed by atoms with van der Waals surface area (Å²) < 4.78 is 0. The first-order valence-corrected chi connectivity index (χ1v) is 6.45. The largest absolute Gasteiger partial charge is 0.481 e. The number of carboxylic acids is 1. The van der Waals surface area contributed by atoms with Gasteiger partial charge in [-0.1, -0.05) is 17.7 Å². The van der Waals surface area contributed by atoms with E-state index in [0.717, 1.165) is 5.56 Å². The fourth-order valence-electron chi connectivity index (χ4n) is 1.80. The predicted octanol–water partition coefficient (Wildman–Crippen LogP) is 0.00542. The van der Waals surface area contributed by atoms with E-state index in [0.29, 0.717) is 5.69 Å². The average molecular weight is 293 g/mol. The highest BCUT2D eigenvalue weighted by atomic mass is 16.4. The van der Waals surface area contributed by atoms with Crippen LogP contribution in [0.15, 0.2) is 24.3 Å². The molecule has 1 rings (SSSR count). The number of carbonyl (C=O) groups is 3. The normalized spacial score (nSPS) is 11.7. The topological polar surface area (TPSA) is 127 Å². The van der Waals surface area contributed by atoms with Gasteiger partial charge in [0.05, 0.1) is 18.9 Å². The number of aliphatic carboxylic acids is 1. The van der Waals surface area contributed by atoms with Crippen LogP contribution in [0.2, 0.25) is 0 Å². The molecule has 0 saturated carbocycles. The van der Waals surface area contributed by atoms with Crippen LogP contribution in [0.1, 0.15) is 18.4 Å². The number of carboxylic acid groups (broad SMARTS) is 1. The number of aryl methyl sites for hydroxylation is 1. The second kappa shape index (κ2) is 7.39. The Morgan fingerprint density at radius 1 is 1.24 bits per heavy atom. The molecule has 0 aromatic heterocycles. The van der Waals surface area contributed by atoms with E-state index in [2.05, 4.69) is 0 Å². The highest BCUT2D eigenvalue weighted by molar-refractivity contribution is 5.99. The molecule has 1 unspecified atom stereocenters. The van der Waals surface area contributed by atoms with Crippen molar-refractivity contribution in [3.8, 4) is 0 Å². The average Bonchev–Trinajstić information content (AvgIpc) is 2.39. The van der Waals surface area contributed by atoms with Crippen LogP contribution in [-0.4, -0.2) is 35.5 Å². The molecule has 5 N–H and O–H groups in total. The highest BCUT2D eigenvalue weighted by Crippen LogP contribution is 2.17. The minimum Gasteiger partial charge on any atom is -0.481 e. The zero-order chi connectivity index (χ0) is 16.0. The van der Waals surface area contributed by atoms with Gasteiger partial charge in [0, 0.05) is 12.2 Å². The van der Waals surface area contributed by atoms with E-state index in [9.17, 15) is 14.4 Å². The summed E-state index contributed by atoms with van der Waals surface area (Å²) >= 11 is 0. The smallest absolute Gasteiger partial charge is 0.305 e. The number of rotatable bonds is 7. The van der Waals surface area contributed by atoms with Crippen LogP contribution in [0.25, 0.3) is 0 Å². The summed E-state index contributed by atoms with van der Waals surface area (Å²) in [5.41, 5.74) is 12.2. The van der Waals surface area contributed by atoms with Gasteiger partial charge in [-0.05, 0) is 19.1 Å². The molecule has 0 aliphatic carbocycles. The molecule has 7 heteroatoms. The number of primary amides is 1. The Bertz CT molecular complexity index is 528. The molecule has 0 radical (unpaired) electrons. The number of amides is 2. The van der Waals surface area contributed by atoms with E-state index in [1.807, 2.05) is 6.92 Å². The molecular formula is C14H19N3O4. The minimum absolute atomic E-state index is 0.0241. The monoisotopic (exact) mass is 293 g/mol. The molecule has 114 valence electrons. The van der Waals surface area contributed by atoms with Gasteiger partial charge in [0.2, 0.25) is 11.8 Å². The van der Waals surface area contributed by atoms with Crippen LogP contribution >= 0.6 is 0 Å². The van der Waals surface area contributed by atoms with Crippen LogP contribution in [0, 0.1) is 6.92 Å². The van der Waals surface area contributed by atoms with Gasteiger partial charge in [-0.15, -0.1) is 0 Å². The van der Waals surface area contributed by atoms with Crippen molar-refractivity contribution in [2.24, 2.45) is 11.5 Å². The van der Waals surface area contributed by atoms with Gasteiger partial charge >= 0.3 is 5.97 Å². The van der Waals surface area contributed by atoms with Crippen LogP contribution in [0.4, 0.5) is 5.69 Å². The number of carbonyl (C=O) groups excluding carboxylic acids is 2. The summed E-state index contributed by atoms with van der Waals surface area (Å²) in [6.45, 7) is 1.87. The zero-order valence-corrected chi connectivity index (χ0v) is 11.8. The van der Waals surface area contributed by atoms with Crippen molar-refractivity contribution in [1.82, 2.24) is 0 Å². The number of benzene rings is 1. The lowest BCUT2D eigenvalue weighted by atomic mass is 10.1. The molecule has 0 aliphatic rings. The molecule has 0 heterocycles. The standard InChI is InChI=1S/C14H19N3O4/c1-9-2-4-10(5-3-9)17(7-6-13(19)20)14(21)11(15)8-12(16)18/h2-5,11H,6-8,15H2,1H3,(H2,16,18)(H,19,20). The molecule has 1 atom stereocenters. The summed E-state index contributed by atoms with van der Waals surface area (Å²) in [6, 6.07) is 5.92. The molecule has 0 bridgehead atoms.